The molecule has 0 spiro atoms. The van der Waals surface area contributed by atoms with E-state index in [0.717, 1.165) is 16.2 Å². The number of hydrogen-bond acceptors (Lipinski definition) is 5. The summed E-state index contributed by atoms with van der Waals surface area (Å²) in [6, 6.07) is 5.50. The average Bonchev–Trinajstić information content (AvgIpc) is 2.39. The minimum absolute atomic E-state index is 0.408. The SMILES string of the molecule is CNC(C#N)c1cc(OC)c(SC)cc1OC. The normalized spacial score (nSPS) is 11.7. The molecule has 1 atom stereocenters. The second kappa shape index (κ2) is 6.38. The summed E-state index contributed by atoms with van der Waals surface area (Å²) in [5, 5.41) is 12.0. The van der Waals surface area contributed by atoms with Crippen LogP contribution in [0.2, 0.25) is 0 Å². The van der Waals surface area contributed by atoms with Gasteiger partial charge in [0.25, 0.3) is 0 Å². The number of hydrogen-bond donors (Lipinski definition) is 1. The highest BCUT2D eigenvalue weighted by molar-refractivity contribution is 7.98. The Bertz CT molecular complexity index is 429. The number of benzene rings is 1. The van der Waals surface area contributed by atoms with Gasteiger partial charge < -0.3 is 14.8 Å². The minimum Gasteiger partial charge on any atom is -0.496 e. The van der Waals surface area contributed by atoms with Gasteiger partial charge in [-0.2, -0.15) is 5.26 Å². The van der Waals surface area contributed by atoms with Crippen molar-refractivity contribution < 1.29 is 9.47 Å². The van der Waals surface area contributed by atoms with Crippen molar-refractivity contribution in [3.05, 3.63) is 17.7 Å². The monoisotopic (exact) mass is 252 g/mol. The molecule has 0 aliphatic heterocycles. The van der Waals surface area contributed by atoms with Crippen molar-refractivity contribution in [2.24, 2.45) is 0 Å². The molecule has 0 bridgehead atoms. The zero-order chi connectivity index (χ0) is 12.8. The van der Waals surface area contributed by atoms with Crippen LogP contribution in [-0.2, 0) is 0 Å². The molecule has 1 rings (SSSR count). The van der Waals surface area contributed by atoms with Crippen LogP contribution in [0.15, 0.2) is 17.0 Å². The molecule has 1 N–H and O–H groups in total. The zero-order valence-corrected chi connectivity index (χ0v) is 11.2. The molecule has 5 heteroatoms. The van der Waals surface area contributed by atoms with Gasteiger partial charge in [-0.25, -0.2) is 0 Å². The van der Waals surface area contributed by atoms with Gasteiger partial charge in [-0.3, -0.25) is 0 Å². The first-order valence-corrected chi connectivity index (χ1v) is 6.31. The van der Waals surface area contributed by atoms with Crippen LogP contribution in [-0.4, -0.2) is 27.5 Å². The summed E-state index contributed by atoms with van der Waals surface area (Å²) in [6.07, 6.45) is 1.97. The second-order valence-corrected chi connectivity index (χ2v) is 4.15. The third kappa shape index (κ3) is 2.84. The van der Waals surface area contributed by atoms with E-state index >= 15 is 0 Å². The quantitative estimate of drug-likeness (QED) is 0.814. The molecule has 1 aromatic rings. The molecule has 0 fully saturated rings. The number of nitrogens with one attached hydrogen (secondary N) is 1. The van der Waals surface area contributed by atoms with Gasteiger partial charge >= 0.3 is 0 Å². The average molecular weight is 252 g/mol. The summed E-state index contributed by atoms with van der Waals surface area (Å²) in [7, 11) is 4.95. The third-order valence-electron chi connectivity index (χ3n) is 2.46. The lowest BCUT2D eigenvalue weighted by Gasteiger charge is -2.16. The van der Waals surface area contributed by atoms with Crippen LogP contribution in [0.1, 0.15) is 11.6 Å². The fraction of sp³-hybridized carbons (Fsp3) is 0.417. The van der Waals surface area contributed by atoms with Crippen LogP contribution in [0.3, 0.4) is 0 Å². The Labute approximate surface area is 106 Å². The Morgan fingerprint density at radius 3 is 2.35 bits per heavy atom. The van der Waals surface area contributed by atoms with Gasteiger partial charge in [0.2, 0.25) is 0 Å². The molecule has 0 heterocycles. The molecular formula is C12H16N2O2S. The highest BCUT2D eigenvalue weighted by Gasteiger charge is 2.17. The maximum Gasteiger partial charge on any atom is 0.133 e. The van der Waals surface area contributed by atoms with Crippen LogP contribution in [0.4, 0.5) is 0 Å². The lowest BCUT2D eigenvalue weighted by molar-refractivity contribution is 0.388. The molecule has 1 unspecified atom stereocenters. The third-order valence-corrected chi connectivity index (χ3v) is 3.22. The lowest BCUT2D eigenvalue weighted by Crippen LogP contribution is -2.15. The van der Waals surface area contributed by atoms with Crippen molar-refractivity contribution in [2.45, 2.75) is 10.9 Å². The van der Waals surface area contributed by atoms with Crippen molar-refractivity contribution in [1.82, 2.24) is 5.32 Å². The van der Waals surface area contributed by atoms with Gasteiger partial charge in [0.1, 0.15) is 17.5 Å². The van der Waals surface area contributed by atoms with E-state index in [0.29, 0.717) is 5.75 Å². The Kier molecular flexibility index (Phi) is 5.13. The van der Waals surface area contributed by atoms with Gasteiger partial charge in [0.05, 0.1) is 25.2 Å². The summed E-state index contributed by atoms with van der Waals surface area (Å²) >= 11 is 1.58. The molecule has 0 aromatic heterocycles. The summed E-state index contributed by atoms with van der Waals surface area (Å²) in [4.78, 5) is 0.987. The summed E-state index contributed by atoms with van der Waals surface area (Å²) in [6.45, 7) is 0. The van der Waals surface area contributed by atoms with Crippen molar-refractivity contribution in [2.75, 3.05) is 27.5 Å². The Hall–Kier alpha value is -1.38. The van der Waals surface area contributed by atoms with E-state index in [4.69, 9.17) is 14.7 Å². The summed E-state index contributed by atoms with van der Waals surface area (Å²) in [5.41, 5.74) is 0.784. The van der Waals surface area contributed by atoms with Gasteiger partial charge in [-0.1, -0.05) is 0 Å². The highest BCUT2D eigenvalue weighted by Crippen LogP contribution is 2.36. The van der Waals surface area contributed by atoms with Crippen molar-refractivity contribution in [1.29, 1.82) is 5.26 Å². The van der Waals surface area contributed by atoms with E-state index in [1.807, 2.05) is 18.4 Å². The Morgan fingerprint density at radius 1 is 1.29 bits per heavy atom. The molecule has 0 aliphatic carbocycles. The van der Waals surface area contributed by atoms with Crippen molar-refractivity contribution in [3.8, 4) is 17.6 Å². The van der Waals surface area contributed by atoms with E-state index in [1.54, 1.807) is 33.0 Å². The molecule has 0 amide bonds. The standard InChI is InChI=1S/C12H16N2O2S/c1-14-9(7-13)8-5-11(16-3)12(17-4)6-10(8)15-2/h5-6,9,14H,1-4H3. The van der Waals surface area contributed by atoms with E-state index in [-0.39, 0.29) is 0 Å². The van der Waals surface area contributed by atoms with Gasteiger partial charge in [0.15, 0.2) is 0 Å². The van der Waals surface area contributed by atoms with E-state index in [9.17, 15) is 0 Å². The van der Waals surface area contributed by atoms with E-state index < -0.39 is 6.04 Å². The molecule has 0 saturated carbocycles. The number of methoxy groups -OCH3 is 2. The first-order chi connectivity index (χ1) is 8.21. The van der Waals surface area contributed by atoms with Crippen LogP contribution < -0.4 is 14.8 Å². The first kappa shape index (κ1) is 13.7. The maximum absolute atomic E-state index is 9.08. The number of nitrogens with zero attached hydrogens (tertiary/aromatic N) is 1. The molecule has 17 heavy (non-hydrogen) atoms. The fourth-order valence-corrected chi connectivity index (χ4v) is 2.14. The van der Waals surface area contributed by atoms with Gasteiger partial charge in [0, 0.05) is 5.56 Å². The highest BCUT2D eigenvalue weighted by atomic mass is 32.2. The predicted molar refractivity (Wildman–Crippen MR) is 68.7 cm³/mol. The Balaban J connectivity index is 3.33. The summed E-state index contributed by atoms with van der Waals surface area (Å²) in [5.74, 6) is 1.44. The molecule has 0 saturated heterocycles. The van der Waals surface area contributed by atoms with Gasteiger partial charge in [-0.15, -0.1) is 11.8 Å². The minimum atomic E-state index is -0.408. The largest absolute Gasteiger partial charge is 0.496 e. The molecule has 1 aromatic carbocycles. The second-order valence-electron chi connectivity index (χ2n) is 3.30. The van der Waals surface area contributed by atoms with E-state index in [1.165, 1.54) is 0 Å². The first-order valence-electron chi connectivity index (χ1n) is 5.08. The predicted octanol–water partition coefficient (Wildman–Crippen LogP) is 2.21. The van der Waals surface area contributed by atoms with Crippen molar-refractivity contribution >= 4 is 11.8 Å². The molecule has 0 radical (unpaired) electrons. The molecular weight excluding hydrogens is 236 g/mol. The topological polar surface area (TPSA) is 54.3 Å². The molecule has 4 nitrogen and oxygen atoms in total. The molecule has 0 aliphatic rings. The van der Waals surface area contributed by atoms with Crippen LogP contribution in [0.25, 0.3) is 0 Å². The Morgan fingerprint density at radius 2 is 1.94 bits per heavy atom. The van der Waals surface area contributed by atoms with Crippen molar-refractivity contribution in [3.63, 3.8) is 0 Å². The number of ether oxygens (including phenoxy) is 2. The number of rotatable bonds is 5. The van der Waals surface area contributed by atoms with Gasteiger partial charge in [-0.05, 0) is 25.4 Å². The summed E-state index contributed by atoms with van der Waals surface area (Å²) < 4.78 is 10.6. The fourth-order valence-electron chi connectivity index (χ4n) is 1.57. The molecule has 92 valence electrons. The van der Waals surface area contributed by atoms with Crippen LogP contribution in [0, 0.1) is 11.3 Å². The zero-order valence-electron chi connectivity index (χ0n) is 10.4. The smallest absolute Gasteiger partial charge is 0.133 e. The lowest BCUT2D eigenvalue weighted by atomic mass is 10.1. The maximum atomic E-state index is 9.08. The number of nitriles is 1. The van der Waals surface area contributed by atoms with Crippen LogP contribution in [0.5, 0.6) is 11.5 Å². The van der Waals surface area contributed by atoms with Crippen LogP contribution >= 0.6 is 11.8 Å². The number of thioether (sulfide) groups is 1. The van der Waals surface area contributed by atoms with E-state index in [2.05, 4.69) is 11.4 Å².